The van der Waals surface area contributed by atoms with Gasteiger partial charge in [0, 0.05) is 4.47 Å². The summed E-state index contributed by atoms with van der Waals surface area (Å²) in [6.45, 7) is 1.16. The summed E-state index contributed by atoms with van der Waals surface area (Å²) in [5, 5.41) is 0. The van der Waals surface area contributed by atoms with Crippen molar-refractivity contribution in [3.8, 4) is 0 Å². The van der Waals surface area contributed by atoms with Gasteiger partial charge in [0.1, 0.15) is 13.1 Å². The minimum atomic E-state index is -0.710. The molecule has 0 radical (unpaired) electrons. The molecule has 4 N–H and O–H groups in total. The summed E-state index contributed by atoms with van der Waals surface area (Å²) >= 11 is 3.27. The summed E-state index contributed by atoms with van der Waals surface area (Å²) < 4.78 is 0.580. The first-order valence-corrected chi connectivity index (χ1v) is 6.22. The Balaban J connectivity index is 3.04. The molecule has 0 saturated heterocycles. The Morgan fingerprint density at radius 3 is 2.11 bits per heavy atom. The maximum Gasteiger partial charge on any atom is 0.255 e. The van der Waals surface area contributed by atoms with E-state index in [0.29, 0.717) is 10.0 Å². The second-order valence-electron chi connectivity index (χ2n) is 4.08. The lowest BCUT2D eigenvalue weighted by molar-refractivity contribution is -0.121. The summed E-state index contributed by atoms with van der Waals surface area (Å²) in [4.78, 5) is 35.1. The fourth-order valence-corrected chi connectivity index (χ4v) is 2.20. The number of carbonyl (C=O) groups is 3. The van der Waals surface area contributed by atoms with E-state index in [9.17, 15) is 14.4 Å². The van der Waals surface area contributed by atoms with Crippen molar-refractivity contribution in [1.82, 2.24) is 4.90 Å². The summed E-state index contributed by atoms with van der Waals surface area (Å²) in [5.41, 5.74) is 11.4. The van der Waals surface area contributed by atoms with E-state index < -0.39 is 17.7 Å². The van der Waals surface area contributed by atoms with Gasteiger partial charge in [-0.3, -0.25) is 14.4 Å². The molecule has 0 bridgehead atoms. The van der Waals surface area contributed by atoms with Gasteiger partial charge in [-0.25, -0.2) is 0 Å². The van der Waals surface area contributed by atoms with Crippen LogP contribution in [0.2, 0.25) is 0 Å². The van der Waals surface area contributed by atoms with Gasteiger partial charge in [-0.15, -0.1) is 0 Å². The van der Waals surface area contributed by atoms with Gasteiger partial charge in [-0.05, 0) is 40.5 Å². The number of aryl methyl sites for hydroxylation is 1. The molecule has 0 aliphatic carbocycles. The lowest BCUT2D eigenvalue weighted by Gasteiger charge is -2.20. The zero-order valence-corrected chi connectivity index (χ0v) is 11.9. The maximum atomic E-state index is 12.2. The maximum absolute atomic E-state index is 12.2. The average molecular weight is 328 g/mol. The van der Waals surface area contributed by atoms with Crippen LogP contribution in [0, 0.1) is 6.92 Å². The summed E-state index contributed by atoms with van der Waals surface area (Å²) in [7, 11) is 0. The fourth-order valence-electron chi connectivity index (χ4n) is 1.54. The minimum absolute atomic E-state index is 0.341. The Labute approximate surface area is 118 Å². The highest BCUT2D eigenvalue weighted by Crippen LogP contribution is 2.20. The molecular formula is C12H14BrN3O3. The van der Waals surface area contributed by atoms with Gasteiger partial charge in [0.25, 0.3) is 5.91 Å². The normalized spacial score (nSPS) is 10.0. The van der Waals surface area contributed by atoms with Crippen molar-refractivity contribution < 1.29 is 14.4 Å². The van der Waals surface area contributed by atoms with Crippen molar-refractivity contribution in [2.45, 2.75) is 6.92 Å². The SMILES string of the molecule is Cc1ccc(C(=O)N(CC(N)=O)CC(N)=O)c(Br)c1. The summed E-state index contributed by atoms with van der Waals surface area (Å²) in [5.74, 6) is -1.90. The van der Waals surface area contributed by atoms with Gasteiger partial charge in [0.15, 0.2) is 0 Å². The van der Waals surface area contributed by atoms with Gasteiger partial charge in [0.2, 0.25) is 11.8 Å². The number of primary amides is 2. The molecule has 3 amide bonds. The monoisotopic (exact) mass is 327 g/mol. The van der Waals surface area contributed by atoms with E-state index in [1.807, 2.05) is 6.92 Å². The van der Waals surface area contributed by atoms with E-state index in [2.05, 4.69) is 15.9 Å². The Hall–Kier alpha value is -1.89. The number of hydrogen-bond acceptors (Lipinski definition) is 3. The number of amides is 3. The topological polar surface area (TPSA) is 106 Å². The number of rotatable bonds is 5. The van der Waals surface area contributed by atoms with Gasteiger partial charge < -0.3 is 16.4 Å². The fraction of sp³-hybridized carbons (Fsp3) is 0.250. The van der Waals surface area contributed by atoms with Crippen LogP contribution in [-0.2, 0) is 9.59 Å². The van der Waals surface area contributed by atoms with Crippen LogP contribution in [0.4, 0.5) is 0 Å². The number of nitrogens with two attached hydrogens (primary N) is 2. The zero-order chi connectivity index (χ0) is 14.6. The first-order valence-electron chi connectivity index (χ1n) is 5.43. The molecule has 0 heterocycles. The third kappa shape index (κ3) is 4.36. The molecule has 0 fully saturated rings. The van der Waals surface area contributed by atoms with Crippen LogP contribution in [0.1, 0.15) is 15.9 Å². The van der Waals surface area contributed by atoms with Crippen molar-refractivity contribution in [1.29, 1.82) is 0 Å². The van der Waals surface area contributed by atoms with Gasteiger partial charge in [0.05, 0.1) is 5.56 Å². The number of halogens is 1. The van der Waals surface area contributed by atoms with E-state index in [-0.39, 0.29) is 13.1 Å². The van der Waals surface area contributed by atoms with Crippen molar-refractivity contribution in [3.63, 3.8) is 0 Å². The number of benzene rings is 1. The molecule has 0 saturated carbocycles. The number of nitrogens with zero attached hydrogens (tertiary/aromatic N) is 1. The van der Waals surface area contributed by atoms with Crippen LogP contribution in [0.15, 0.2) is 22.7 Å². The Morgan fingerprint density at radius 1 is 1.16 bits per heavy atom. The second kappa shape index (κ2) is 6.33. The quantitative estimate of drug-likeness (QED) is 0.804. The zero-order valence-electron chi connectivity index (χ0n) is 10.4. The largest absolute Gasteiger partial charge is 0.368 e. The van der Waals surface area contributed by atoms with Gasteiger partial charge in [-0.2, -0.15) is 0 Å². The van der Waals surface area contributed by atoms with E-state index in [1.54, 1.807) is 18.2 Å². The first kappa shape index (κ1) is 15.2. The van der Waals surface area contributed by atoms with E-state index in [4.69, 9.17) is 11.5 Å². The molecule has 0 unspecified atom stereocenters. The van der Waals surface area contributed by atoms with Crippen LogP contribution >= 0.6 is 15.9 Å². The molecule has 6 nitrogen and oxygen atoms in total. The lowest BCUT2D eigenvalue weighted by Crippen LogP contribution is -2.43. The van der Waals surface area contributed by atoms with Crippen molar-refractivity contribution >= 4 is 33.7 Å². The molecule has 0 aliphatic heterocycles. The minimum Gasteiger partial charge on any atom is -0.368 e. The smallest absolute Gasteiger partial charge is 0.255 e. The molecule has 0 spiro atoms. The molecule has 7 heteroatoms. The summed E-state index contributed by atoms with van der Waals surface area (Å²) in [6.07, 6.45) is 0. The predicted octanol–water partition coefficient (Wildman–Crippen LogP) is 0.170. The van der Waals surface area contributed by atoms with Crippen LogP contribution in [0.5, 0.6) is 0 Å². The Kier molecular flexibility index (Phi) is 5.05. The third-order valence-electron chi connectivity index (χ3n) is 2.34. The summed E-state index contributed by atoms with van der Waals surface area (Å²) in [6, 6.07) is 5.13. The molecule has 1 aromatic rings. The van der Waals surface area contributed by atoms with Crippen molar-refractivity contribution in [2.75, 3.05) is 13.1 Å². The van der Waals surface area contributed by atoms with E-state index >= 15 is 0 Å². The lowest BCUT2D eigenvalue weighted by atomic mass is 10.1. The highest BCUT2D eigenvalue weighted by Gasteiger charge is 2.21. The third-order valence-corrected chi connectivity index (χ3v) is 2.99. The standard InChI is InChI=1S/C12H14BrN3O3/c1-7-2-3-8(9(13)4-7)12(19)16(5-10(14)17)6-11(15)18/h2-4H,5-6H2,1H3,(H2,14,17)(H2,15,18). The molecule has 102 valence electrons. The molecule has 1 rings (SSSR count). The average Bonchev–Trinajstić information content (AvgIpc) is 2.26. The Morgan fingerprint density at radius 2 is 1.68 bits per heavy atom. The van der Waals surface area contributed by atoms with Crippen LogP contribution in [0.25, 0.3) is 0 Å². The highest BCUT2D eigenvalue weighted by molar-refractivity contribution is 9.10. The predicted molar refractivity (Wildman–Crippen MR) is 73.2 cm³/mol. The van der Waals surface area contributed by atoms with Crippen LogP contribution < -0.4 is 11.5 Å². The van der Waals surface area contributed by atoms with Gasteiger partial charge in [-0.1, -0.05) is 6.07 Å². The molecule has 0 aromatic heterocycles. The van der Waals surface area contributed by atoms with E-state index in [1.165, 1.54) is 0 Å². The molecule has 0 atom stereocenters. The van der Waals surface area contributed by atoms with Crippen LogP contribution in [-0.4, -0.2) is 35.7 Å². The highest BCUT2D eigenvalue weighted by atomic mass is 79.9. The second-order valence-corrected chi connectivity index (χ2v) is 4.93. The molecule has 0 aliphatic rings. The molecule has 1 aromatic carbocycles. The van der Waals surface area contributed by atoms with E-state index in [0.717, 1.165) is 10.5 Å². The number of carbonyl (C=O) groups excluding carboxylic acids is 3. The first-order chi connectivity index (χ1) is 8.81. The Bertz CT molecular complexity index is 515. The van der Waals surface area contributed by atoms with Crippen LogP contribution in [0.3, 0.4) is 0 Å². The van der Waals surface area contributed by atoms with Gasteiger partial charge >= 0.3 is 0 Å². The van der Waals surface area contributed by atoms with Crippen molar-refractivity contribution in [2.24, 2.45) is 11.5 Å². The molecular weight excluding hydrogens is 314 g/mol. The number of hydrogen-bond donors (Lipinski definition) is 2. The molecule has 19 heavy (non-hydrogen) atoms. The van der Waals surface area contributed by atoms with Crippen molar-refractivity contribution in [3.05, 3.63) is 33.8 Å².